The molecule has 0 unspecified atom stereocenters. The first-order valence-electron chi connectivity index (χ1n) is 8.09. The second-order valence-electron chi connectivity index (χ2n) is 6.10. The minimum atomic E-state index is -0.573. The fourth-order valence-corrected chi connectivity index (χ4v) is 3.49. The molecule has 1 atom stereocenters. The second kappa shape index (κ2) is 6.38. The highest BCUT2D eigenvalue weighted by Gasteiger charge is 2.23. The molecule has 4 N–H and O–H groups in total. The number of anilines is 1. The van der Waals surface area contributed by atoms with E-state index in [2.05, 4.69) is 38.3 Å². The number of halogens is 1. The molecule has 1 aliphatic rings. The minimum absolute atomic E-state index is 0.136. The Bertz CT molecular complexity index is 952. The van der Waals surface area contributed by atoms with Gasteiger partial charge in [-0.05, 0) is 41.0 Å². The van der Waals surface area contributed by atoms with Gasteiger partial charge in [0, 0.05) is 36.2 Å². The quantitative estimate of drug-likeness (QED) is 0.580. The molecule has 0 fully saturated rings. The predicted octanol–water partition coefficient (Wildman–Crippen LogP) is 2.72. The molecule has 1 aromatic heterocycles. The molecule has 2 aromatic carbocycles. The first-order chi connectivity index (χ1) is 12.2. The molecule has 6 nitrogen and oxygen atoms in total. The van der Waals surface area contributed by atoms with Crippen LogP contribution in [0.25, 0.3) is 10.9 Å². The van der Waals surface area contributed by atoms with E-state index in [0.29, 0.717) is 5.02 Å². The van der Waals surface area contributed by atoms with Gasteiger partial charge >= 0.3 is 0 Å². The molecule has 1 aliphatic heterocycles. The molecule has 0 aliphatic carbocycles. The van der Waals surface area contributed by atoms with Crippen LogP contribution in [-0.2, 0) is 17.9 Å². The molecule has 25 heavy (non-hydrogen) atoms. The number of nitrogens with zero attached hydrogens (tertiary/aromatic N) is 1. The SMILES string of the molecule is CNC(=O)[C@H](Nc1ccc2c(c1)CNC2)c1cc(Cl)cc2[nH]ncc12. The van der Waals surface area contributed by atoms with Gasteiger partial charge in [0.2, 0.25) is 5.91 Å². The number of amides is 1. The number of likely N-dealkylation sites (N-methyl/N-ethyl adjacent to an activating group) is 1. The normalized spacial score (nSPS) is 14.3. The Morgan fingerprint density at radius 2 is 2.08 bits per heavy atom. The number of aromatic amines is 1. The molecule has 1 amide bonds. The summed E-state index contributed by atoms with van der Waals surface area (Å²) in [5.74, 6) is -0.136. The first-order valence-corrected chi connectivity index (χ1v) is 8.46. The number of hydrogen-bond acceptors (Lipinski definition) is 4. The van der Waals surface area contributed by atoms with E-state index < -0.39 is 6.04 Å². The fraction of sp³-hybridized carbons (Fsp3) is 0.222. The number of aromatic nitrogens is 2. The molecule has 128 valence electrons. The van der Waals surface area contributed by atoms with Crippen molar-refractivity contribution in [2.45, 2.75) is 19.1 Å². The maximum atomic E-state index is 12.6. The van der Waals surface area contributed by atoms with Gasteiger partial charge in [-0.15, -0.1) is 0 Å². The Labute approximate surface area is 150 Å². The van der Waals surface area contributed by atoms with Crippen LogP contribution < -0.4 is 16.0 Å². The zero-order chi connectivity index (χ0) is 17.4. The maximum absolute atomic E-state index is 12.6. The standard InChI is InChI=1S/C18H18ClN5O/c1-20-18(25)17(14-5-12(19)6-16-15(14)9-22-24-16)23-13-3-2-10-7-21-8-11(10)4-13/h2-6,9,17,21,23H,7-8H2,1H3,(H,20,25)(H,22,24)/t17-/m1/s1. The lowest BCUT2D eigenvalue weighted by Gasteiger charge is -2.20. The summed E-state index contributed by atoms with van der Waals surface area (Å²) in [4.78, 5) is 12.6. The van der Waals surface area contributed by atoms with Crippen molar-refractivity contribution < 1.29 is 4.79 Å². The summed E-state index contributed by atoms with van der Waals surface area (Å²) in [6.07, 6.45) is 1.71. The summed E-state index contributed by atoms with van der Waals surface area (Å²) in [7, 11) is 1.63. The minimum Gasteiger partial charge on any atom is -0.370 e. The van der Waals surface area contributed by atoms with Gasteiger partial charge in [-0.3, -0.25) is 9.89 Å². The zero-order valence-electron chi connectivity index (χ0n) is 13.7. The Kier molecular flexibility index (Phi) is 4.07. The third-order valence-corrected chi connectivity index (χ3v) is 4.74. The number of carbonyl (C=O) groups is 1. The van der Waals surface area contributed by atoms with E-state index in [-0.39, 0.29) is 5.91 Å². The van der Waals surface area contributed by atoms with Crippen molar-refractivity contribution in [1.29, 1.82) is 0 Å². The lowest BCUT2D eigenvalue weighted by molar-refractivity contribution is -0.121. The van der Waals surface area contributed by atoms with Gasteiger partial charge in [0.25, 0.3) is 0 Å². The van der Waals surface area contributed by atoms with Crippen molar-refractivity contribution >= 4 is 34.1 Å². The maximum Gasteiger partial charge on any atom is 0.246 e. The number of carbonyl (C=O) groups excluding carboxylic acids is 1. The third-order valence-electron chi connectivity index (χ3n) is 4.52. The molecule has 0 saturated heterocycles. The molecular weight excluding hydrogens is 338 g/mol. The van der Waals surface area contributed by atoms with Gasteiger partial charge in [0.1, 0.15) is 6.04 Å². The predicted molar refractivity (Wildman–Crippen MR) is 98.5 cm³/mol. The lowest BCUT2D eigenvalue weighted by atomic mass is 10.0. The Balaban J connectivity index is 1.75. The highest BCUT2D eigenvalue weighted by atomic mass is 35.5. The van der Waals surface area contributed by atoms with Crippen LogP contribution in [0.2, 0.25) is 5.02 Å². The molecule has 0 saturated carbocycles. The van der Waals surface area contributed by atoms with E-state index in [4.69, 9.17) is 11.6 Å². The van der Waals surface area contributed by atoms with Crippen LogP contribution in [0, 0.1) is 0 Å². The average Bonchev–Trinajstić information content (AvgIpc) is 3.26. The van der Waals surface area contributed by atoms with Crippen LogP contribution >= 0.6 is 11.6 Å². The summed E-state index contributed by atoms with van der Waals surface area (Å²) in [5.41, 5.74) is 5.03. The van der Waals surface area contributed by atoms with Gasteiger partial charge in [-0.1, -0.05) is 17.7 Å². The van der Waals surface area contributed by atoms with Crippen LogP contribution in [0.4, 0.5) is 5.69 Å². The Morgan fingerprint density at radius 3 is 2.92 bits per heavy atom. The number of rotatable bonds is 4. The average molecular weight is 356 g/mol. The van der Waals surface area contributed by atoms with Crippen molar-refractivity contribution in [3.63, 3.8) is 0 Å². The van der Waals surface area contributed by atoms with Crippen molar-refractivity contribution in [2.24, 2.45) is 0 Å². The van der Waals surface area contributed by atoms with E-state index in [9.17, 15) is 4.79 Å². The molecule has 3 aromatic rings. The molecular formula is C18H18ClN5O. The molecule has 7 heteroatoms. The molecule has 4 rings (SSSR count). The summed E-state index contributed by atoms with van der Waals surface area (Å²) in [5, 5.41) is 17.8. The van der Waals surface area contributed by atoms with E-state index in [1.165, 1.54) is 11.1 Å². The monoisotopic (exact) mass is 355 g/mol. The van der Waals surface area contributed by atoms with Crippen molar-refractivity contribution in [1.82, 2.24) is 20.8 Å². The topological polar surface area (TPSA) is 81.8 Å². The van der Waals surface area contributed by atoms with Crippen molar-refractivity contribution in [3.8, 4) is 0 Å². The number of benzene rings is 2. The summed E-state index contributed by atoms with van der Waals surface area (Å²) >= 11 is 6.24. The largest absolute Gasteiger partial charge is 0.370 e. The first kappa shape index (κ1) is 15.9. The molecule has 0 spiro atoms. The zero-order valence-corrected chi connectivity index (χ0v) is 14.4. The molecule has 2 heterocycles. The third kappa shape index (κ3) is 2.94. The van der Waals surface area contributed by atoms with Gasteiger partial charge in [-0.2, -0.15) is 5.10 Å². The molecule has 0 bridgehead atoms. The fourth-order valence-electron chi connectivity index (χ4n) is 3.26. The second-order valence-corrected chi connectivity index (χ2v) is 6.54. The van der Waals surface area contributed by atoms with E-state index >= 15 is 0 Å². The van der Waals surface area contributed by atoms with Crippen LogP contribution in [0.15, 0.2) is 36.5 Å². The van der Waals surface area contributed by atoms with Gasteiger partial charge in [0.15, 0.2) is 0 Å². The summed E-state index contributed by atoms with van der Waals surface area (Å²) in [6, 6.07) is 9.21. The number of hydrogen-bond donors (Lipinski definition) is 4. The summed E-state index contributed by atoms with van der Waals surface area (Å²) < 4.78 is 0. The van der Waals surface area contributed by atoms with Crippen LogP contribution in [0.5, 0.6) is 0 Å². The van der Waals surface area contributed by atoms with Gasteiger partial charge in [0.05, 0.1) is 11.7 Å². The summed E-state index contributed by atoms with van der Waals surface area (Å²) in [6.45, 7) is 1.73. The smallest absolute Gasteiger partial charge is 0.246 e. The lowest BCUT2D eigenvalue weighted by Crippen LogP contribution is -2.31. The number of H-pyrrole nitrogens is 1. The van der Waals surface area contributed by atoms with Gasteiger partial charge in [-0.25, -0.2) is 0 Å². The highest BCUT2D eigenvalue weighted by Crippen LogP contribution is 2.30. The van der Waals surface area contributed by atoms with E-state index in [1.54, 1.807) is 25.4 Å². The highest BCUT2D eigenvalue weighted by molar-refractivity contribution is 6.31. The Hall–Kier alpha value is -2.57. The van der Waals surface area contributed by atoms with Crippen molar-refractivity contribution in [3.05, 3.63) is 58.2 Å². The van der Waals surface area contributed by atoms with Gasteiger partial charge < -0.3 is 16.0 Å². The van der Waals surface area contributed by atoms with Crippen LogP contribution in [0.1, 0.15) is 22.7 Å². The van der Waals surface area contributed by atoms with Crippen LogP contribution in [-0.4, -0.2) is 23.2 Å². The Morgan fingerprint density at radius 1 is 1.24 bits per heavy atom. The van der Waals surface area contributed by atoms with E-state index in [1.807, 2.05) is 6.07 Å². The number of nitrogens with one attached hydrogen (secondary N) is 4. The molecule has 0 radical (unpaired) electrons. The van der Waals surface area contributed by atoms with E-state index in [0.717, 1.165) is 35.2 Å². The van der Waals surface area contributed by atoms with Crippen molar-refractivity contribution in [2.75, 3.05) is 12.4 Å². The van der Waals surface area contributed by atoms with Crippen LogP contribution in [0.3, 0.4) is 0 Å². The number of fused-ring (bicyclic) bond motifs is 2.